The summed E-state index contributed by atoms with van der Waals surface area (Å²) in [6.07, 6.45) is 4.95. The lowest BCUT2D eigenvalue weighted by molar-refractivity contribution is 0.409. The highest BCUT2D eigenvalue weighted by atomic mass is 127. The van der Waals surface area contributed by atoms with Gasteiger partial charge in [-0.15, -0.1) is 24.0 Å². The van der Waals surface area contributed by atoms with Crippen molar-refractivity contribution in [3.63, 3.8) is 0 Å². The number of nitrogens with zero attached hydrogens (tertiary/aromatic N) is 1. The molecule has 112 valence electrons. The van der Waals surface area contributed by atoms with Crippen LogP contribution < -0.4 is 15.8 Å². The average molecular weight is 454 g/mol. The number of ether oxygens (including phenoxy) is 1. The molecule has 0 saturated heterocycles. The second-order valence-electron chi connectivity index (χ2n) is 4.78. The van der Waals surface area contributed by atoms with Crippen LogP contribution in [-0.2, 0) is 6.54 Å². The highest BCUT2D eigenvalue weighted by Crippen LogP contribution is 2.24. The van der Waals surface area contributed by atoms with Gasteiger partial charge in [0.25, 0.3) is 0 Å². The molecule has 1 saturated carbocycles. The Morgan fingerprint density at radius 3 is 2.80 bits per heavy atom. The van der Waals surface area contributed by atoms with Crippen LogP contribution in [-0.4, -0.2) is 19.1 Å². The maximum absolute atomic E-state index is 5.91. The van der Waals surface area contributed by atoms with E-state index in [-0.39, 0.29) is 24.0 Å². The van der Waals surface area contributed by atoms with Gasteiger partial charge in [-0.1, -0.05) is 34.8 Å². The van der Waals surface area contributed by atoms with Crippen molar-refractivity contribution in [2.24, 2.45) is 10.7 Å². The van der Waals surface area contributed by atoms with Crippen LogP contribution in [0, 0.1) is 0 Å². The lowest BCUT2D eigenvalue weighted by atomic mass is 10.2. The van der Waals surface area contributed by atoms with E-state index in [9.17, 15) is 0 Å². The summed E-state index contributed by atoms with van der Waals surface area (Å²) in [6.45, 7) is 0.530. The Balaban J connectivity index is 0.00000200. The molecule has 3 N–H and O–H groups in total. The Hall–Kier alpha value is -0.500. The minimum absolute atomic E-state index is 0. The fourth-order valence-electron chi connectivity index (χ4n) is 2.34. The van der Waals surface area contributed by atoms with Crippen molar-refractivity contribution in [1.82, 2.24) is 5.32 Å². The van der Waals surface area contributed by atoms with E-state index in [1.165, 1.54) is 25.7 Å². The first-order valence-corrected chi connectivity index (χ1v) is 7.37. The minimum Gasteiger partial charge on any atom is -0.496 e. The molecule has 0 aliphatic heterocycles. The molecule has 0 bridgehead atoms. The monoisotopic (exact) mass is 453 g/mol. The third-order valence-electron chi connectivity index (χ3n) is 3.38. The molecular weight excluding hydrogens is 433 g/mol. The van der Waals surface area contributed by atoms with E-state index in [4.69, 9.17) is 10.5 Å². The first-order valence-electron chi connectivity index (χ1n) is 6.58. The molecule has 0 amide bonds. The predicted octanol–water partition coefficient (Wildman–Crippen LogP) is 3.42. The number of aliphatic imine (C=N–C) groups is 1. The summed E-state index contributed by atoms with van der Waals surface area (Å²) in [7, 11) is 1.66. The van der Waals surface area contributed by atoms with Crippen LogP contribution in [0.4, 0.5) is 0 Å². The first-order chi connectivity index (χ1) is 9.19. The molecule has 1 aromatic carbocycles. The van der Waals surface area contributed by atoms with Crippen LogP contribution in [0.2, 0.25) is 0 Å². The Labute approximate surface area is 145 Å². The molecule has 0 heterocycles. The first kappa shape index (κ1) is 17.6. The lowest BCUT2D eigenvalue weighted by Crippen LogP contribution is -2.38. The van der Waals surface area contributed by atoms with Gasteiger partial charge < -0.3 is 15.8 Å². The normalized spacial score (nSPS) is 15.8. The number of benzene rings is 1. The Bertz CT molecular complexity index is 462. The number of rotatable bonds is 4. The van der Waals surface area contributed by atoms with Gasteiger partial charge in [0, 0.05) is 16.1 Å². The largest absolute Gasteiger partial charge is 0.496 e. The molecule has 4 nitrogen and oxygen atoms in total. The van der Waals surface area contributed by atoms with Crippen LogP contribution in [0.1, 0.15) is 31.2 Å². The SMILES string of the molecule is COc1cc(Br)ccc1CN=C(N)NC1CCCC1.I. The third-order valence-corrected chi connectivity index (χ3v) is 3.87. The van der Waals surface area contributed by atoms with Gasteiger partial charge in [0.15, 0.2) is 5.96 Å². The average Bonchev–Trinajstić information content (AvgIpc) is 2.90. The van der Waals surface area contributed by atoms with Gasteiger partial charge in [-0.25, -0.2) is 4.99 Å². The summed E-state index contributed by atoms with van der Waals surface area (Å²) < 4.78 is 6.33. The van der Waals surface area contributed by atoms with Gasteiger partial charge >= 0.3 is 0 Å². The summed E-state index contributed by atoms with van der Waals surface area (Å²) >= 11 is 3.42. The zero-order valence-electron chi connectivity index (χ0n) is 11.6. The van der Waals surface area contributed by atoms with Crippen molar-refractivity contribution in [3.8, 4) is 5.75 Å². The van der Waals surface area contributed by atoms with E-state index in [2.05, 4.69) is 26.2 Å². The Kier molecular flexibility index (Phi) is 7.65. The number of halogens is 2. The number of guanidine groups is 1. The van der Waals surface area contributed by atoms with Gasteiger partial charge in [0.1, 0.15) is 5.75 Å². The zero-order chi connectivity index (χ0) is 13.7. The zero-order valence-corrected chi connectivity index (χ0v) is 15.5. The molecule has 1 fully saturated rings. The topological polar surface area (TPSA) is 59.6 Å². The van der Waals surface area contributed by atoms with Gasteiger partial charge in [0.2, 0.25) is 0 Å². The lowest BCUT2D eigenvalue weighted by Gasteiger charge is -2.12. The molecule has 0 unspecified atom stereocenters. The van der Waals surface area contributed by atoms with Crippen molar-refractivity contribution >= 4 is 45.9 Å². The highest BCUT2D eigenvalue weighted by molar-refractivity contribution is 14.0. The van der Waals surface area contributed by atoms with E-state index in [1.54, 1.807) is 7.11 Å². The molecule has 2 rings (SSSR count). The standard InChI is InChI=1S/C14H20BrN3O.HI/c1-19-13-8-11(15)7-6-10(13)9-17-14(16)18-12-4-2-3-5-12;/h6-8,12H,2-5,9H2,1H3,(H3,16,17,18);1H. The maximum atomic E-state index is 5.91. The molecule has 0 atom stereocenters. The molecule has 1 aromatic rings. The van der Waals surface area contributed by atoms with Crippen LogP contribution in [0.5, 0.6) is 5.75 Å². The molecule has 0 aromatic heterocycles. The number of methoxy groups -OCH3 is 1. The molecule has 1 aliphatic carbocycles. The van der Waals surface area contributed by atoms with E-state index < -0.39 is 0 Å². The molecule has 1 aliphatic rings. The van der Waals surface area contributed by atoms with Gasteiger partial charge in [-0.2, -0.15) is 0 Å². The highest BCUT2D eigenvalue weighted by Gasteiger charge is 2.14. The number of nitrogens with one attached hydrogen (secondary N) is 1. The van der Waals surface area contributed by atoms with E-state index in [1.807, 2.05) is 18.2 Å². The smallest absolute Gasteiger partial charge is 0.189 e. The van der Waals surface area contributed by atoms with Crippen LogP contribution >= 0.6 is 39.9 Å². The summed E-state index contributed by atoms with van der Waals surface area (Å²) in [5.41, 5.74) is 6.94. The molecule has 0 spiro atoms. The summed E-state index contributed by atoms with van der Waals surface area (Å²) in [5.74, 6) is 1.35. The number of nitrogens with two attached hydrogens (primary N) is 1. The van der Waals surface area contributed by atoms with E-state index in [0.29, 0.717) is 18.5 Å². The fourth-order valence-corrected chi connectivity index (χ4v) is 2.68. The third kappa shape index (κ3) is 5.12. The van der Waals surface area contributed by atoms with Crippen molar-refractivity contribution < 1.29 is 4.74 Å². The Morgan fingerprint density at radius 2 is 2.15 bits per heavy atom. The van der Waals surface area contributed by atoms with Crippen LogP contribution in [0.3, 0.4) is 0 Å². The van der Waals surface area contributed by atoms with Crippen LogP contribution in [0.25, 0.3) is 0 Å². The van der Waals surface area contributed by atoms with Gasteiger partial charge in [0.05, 0.1) is 13.7 Å². The van der Waals surface area contributed by atoms with Crippen molar-refractivity contribution in [3.05, 3.63) is 28.2 Å². The molecule has 6 heteroatoms. The number of hydrogen-bond donors (Lipinski definition) is 2. The summed E-state index contributed by atoms with van der Waals surface area (Å²) in [5, 5.41) is 3.28. The van der Waals surface area contributed by atoms with Crippen LogP contribution in [0.15, 0.2) is 27.7 Å². The fraction of sp³-hybridized carbons (Fsp3) is 0.500. The van der Waals surface area contributed by atoms with Crippen molar-refractivity contribution in [1.29, 1.82) is 0 Å². The second-order valence-corrected chi connectivity index (χ2v) is 5.70. The predicted molar refractivity (Wildman–Crippen MR) is 96.8 cm³/mol. The maximum Gasteiger partial charge on any atom is 0.189 e. The van der Waals surface area contributed by atoms with E-state index >= 15 is 0 Å². The van der Waals surface area contributed by atoms with Gasteiger partial charge in [-0.05, 0) is 25.0 Å². The summed E-state index contributed by atoms with van der Waals surface area (Å²) in [6, 6.07) is 6.41. The molecule has 20 heavy (non-hydrogen) atoms. The van der Waals surface area contributed by atoms with Crippen molar-refractivity contribution in [2.75, 3.05) is 7.11 Å². The van der Waals surface area contributed by atoms with E-state index in [0.717, 1.165) is 15.8 Å². The molecular formula is C14H21BrIN3O. The summed E-state index contributed by atoms with van der Waals surface area (Å²) in [4.78, 5) is 4.38. The number of hydrogen-bond acceptors (Lipinski definition) is 2. The quantitative estimate of drug-likeness (QED) is 0.417. The molecule has 0 radical (unpaired) electrons. The van der Waals surface area contributed by atoms with Gasteiger partial charge in [-0.3, -0.25) is 0 Å². The van der Waals surface area contributed by atoms with Crippen molar-refractivity contribution in [2.45, 2.75) is 38.3 Å². The second kappa shape index (κ2) is 8.71. The Morgan fingerprint density at radius 1 is 1.45 bits per heavy atom. The minimum atomic E-state index is 0.